The Bertz CT molecular complexity index is 1790. The highest BCUT2D eigenvalue weighted by molar-refractivity contribution is 7.98. The summed E-state index contributed by atoms with van der Waals surface area (Å²) in [5.41, 5.74) is 0.0116. The van der Waals surface area contributed by atoms with Crippen LogP contribution in [0.4, 0.5) is 5.69 Å². The number of halogens is 1. The molecule has 1 unspecified atom stereocenters. The molecule has 6 atom stereocenters. The number of esters is 1. The molecule has 5 rings (SSSR count). The molecule has 1 saturated carbocycles. The molecule has 3 heterocycles. The van der Waals surface area contributed by atoms with Crippen molar-refractivity contribution in [3.8, 4) is 11.8 Å². The summed E-state index contributed by atoms with van der Waals surface area (Å²) >= 11 is 6.42. The molecule has 2 aromatic heterocycles. The third kappa shape index (κ3) is 7.94. The molecule has 1 aromatic carbocycles. The zero-order valence-electron chi connectivity index (χ0n) is 26.0. The summed E-state index contributed by atoms with van der Waals surface area (Å²) in [5, 5.41) is 35.7. The van der Waals surface area contributed by atoms with Gasteiger partial charge in [0.1, 0.15) is 46.8 Å². The van der Waals surface area contributed by atoms with Crippen molar-refractivity contribution < 1.29 is 42.0 Å². The summed E-state index contributed by atoms with van der Waals surface area (Å²) in [5.74, 6) is -2.19. The number of aromatic nitrogens is 2. The van der Waals surface area contributed by atoms with E-state index in [0.717, 1.165) is 25.7 Å². The maximum absolute atomic E-state index is 14.1. The molecule has 1 saturated heterocycles. The maximum Gasteiger partial charge on any atom is 0.309 e. The minimum absolute atomic E-state index is 0.0566. The van der Waals surface area contributed by atoms with Crippen molar-refractivity contribution in [1.29, 1.82) is 5.26 Å². The van der Waals surface area contributed by atoms with Crippen LogP contribution in [0.5, 0.6) is 5.75 Å². The van der Waals surface area contributed by atoms with Gasteiger partial charge in [-0.25, -0.2) is 13.4 Å². The van der Waals surface area contributed by atoms with Crippen LogP contribution < -0.4 is 9.84 Å². The van der Waals surface area contributed by atoms with E-state index in [4.69, 9.17) is 25.6 Å². The Kier molecular flexibility index (Phi) is 10.9. The van der Waals surface area contributed by atoms with Gasteiger partial charge >= 0.3 is 5.97 Å². The van der Waals surface area contributed by atoms with Gasteiger partial charge in [-0.05, 0) is 38.0 Å². The Hall–Kier alpha value is -3.18. The lowest BCUT2D eigenvalue weighted by Crippen LogP contribution is -2.36. The van der Waals surface area contributed by atoms with Crippen LogP contribution in [-0.2, 0) is 28.7 Å². The number of pyridine rings is 1. The van der Waals surface area contributed by atoms with E-state index < -0.39 is 71.0 Å². The number of nitriles is 1. The number of benzene rings is 1. The molecule has 47 heavy (non-hydrogen) atoms. The summed E-state index contributed by atoms with van der Waals surface area (Å²) in [6, 6.07) is 12.0. The lowest BCUT2D eigenvalue weighted by Gasteiger charge is -2.23. The van der Waals surface area contributed by atoms with Crippen LogP contribution in [0.15, 0.2) is 42.6 Å². The molecule has 1 aliphatic carbocycles. The van der Waals surface area contributed by atoms with Gasteiger partial charge in [0.05, 0.1) is 24.0 Å². The van der Waals surface area contributed by atoms with Gasteiger partial charge in [0, 0.05) is 23.8 Å². The predicted octanol–water partition coefficient (Wildman–Crippen LogP) is 4.46. The number of hydrogen-bond donors (Lipinski definition) is 3. The van der Waals surface area contributed by atoms with Crippen molar-refractivity contribution in [3.05, 3.63) is 53.3 Å². The van der Waals surface area contributed by atoms with E-state index in [9.17, 15) is 33.3 Å². The number of hydrogen-bond acceptors (Lipinski definition) is 12. The van der Waals surface area contributed by atoms with E-state index in [1.165, 1.54) is 23.6 Å². The number of ether oxygens (including phenoxy) is 2. The Balaban J connectivity index is 1.38. The van der Waals surface area contributed by atoms with E-state index in [1.807, 2.05) is 0 Å². The molecular weight excluding hydrogens is 671 g/mol. The molecule has 0 spiro atoms. The lowest BCUT2D eigenvalue weighted by molar-refractivity contribution is -0.146. The molecule has 2 aliphatic rings. The standard InChI is InChI=1S/C31H38ClN4O9PS/c1-3-43-31(39)19(2)16-46(40,45-21-11-5-4-6-12-21)18-47(41,42)17-24-26(37)27(38)30(44-24)36-14-13-22-25(34-20-9-7-8-10-20)23(15-33)28(32)35-29(22)36/h4-6,11-14,19-20,24,26-27,30,37-38H,3,7-10,16-18H2,1-2H3,(H,34,35)/t19-,24-,26-,27-,30-,46?/m1/s1. The van der Waals surface area contributed by atoms with Crippen LogP contribution in [-0.4, -0.2) is 82.5 Å². The van der Waals surface area contributed by atoms with Gasteiger partial charge in [0.15, 0.2) is 21.2 Å². The first kappa shape index (κ1) is 35.1. The Labute approximate surface area is 278 Å². The number of carbonyl (C=O) groups excluding carboxylic acids is 1. The fraction of sp³-hybridized carbons (Fsp3) is 0.516. The van der Waals surface area contributed by atoms with Gasteiger partial charge in [-0.15, -0.1) is 0 Å². The van der Waals surface area contributed by atoms with Crippen molar-refractivity contribution in [3.63, 3.8) is 0 Å². The molecule has 2 fully saturated rings. The van der Waals surface area contributed by atoms with Crippen LogP contribution in [0.3, 0.4) is 0 Å². The fourth-order valence-electron chi connectivity index (χ4n) is 6.14. The topological polar surface area (TPSA) is 190 Å². The third-order valence-electron chi connectivity index (χ3n) is 8.31. The van der Waals surface area contributed by atoms with Gasteiger partial charge < -0.3 is 34.1 Å². The number of fused-ring (bicyclic) bond motifs is 1. The van der Waals surface area contributed by atoms with Crippen LogP contribution in [0.1, 0.15) is 51.3 Å². The summed E-state index contributed by atoms with van der Waals surface area (Å²) in [4.78, 5) is 16.7. The van der Waals surface area contributed by atoms with Gasteiger partial charge in [0.2, 0.25) is 0 Å². The van der Waals surface area contributed by atoms with Crippen molar-refractivity contribution in [2.75, 3.05) is 29.3 Å². The zero-order chi connectivity index (χ0) is 33.9. The van der Waals surface area contributed by atoms with E-state index >= 15 is 0 Å². The van der Waals surface area contributed by atoms with Crippen LogP contribution >= 0.6 is 19.0 Å². The second-order valence-electron chi connectivity index (χ2n) is 12.0. The number of rotatable bonds is 13. The predicted molar refractivity (Wildman–Crippen MR) is 175 cm³/mol. The maximum atomic E-state index is 14.1. The first-order chi connectivity index (χ1) is 22.3. The smallest absolute Gasteiger partial charge is 0.309 e. The summed E-state index contributed by atoms with van der Waals surface area (Å²) in [7, 11) is -8.35. The summed E-state index contributed by atoms with van der Waals surface area (Å²) in [6.07, 6.45) is -0.709. The van der Waals surface area contributed by atoms with Crippen molar-refractivity contribution in [2.24, 2.45) is 5.92 Å². The summed E-state index contributed by atoms with van der Waals surface area (Å²) in [6.45, 7) is 3.20. The number of carbonyl (C=O) groups is 1. The van der Waals surface area contributed by atoms with Crippen LogP contribution in [0.25, 0.3) is 11.0 Å². The van der Waals surface area contributed by atoms with E-state index in [2.05, 4.69) is 16.4 Å². The number of aliphatic hydroxyl groups excluding tert-OH is 2. The number of aliphatic hydroxyl groups is 2. The van der Waals surface area contributed by atoms with E-state index in [0.29, 0.717) is 11.1 Å². The summed E-state index contributed by atoms with van der Waals surface area (Å²) < 4.78 is 59.3. The Morgan fingerprint density at radius 3 is 2.60 bits per heavy atom. The Morgan fingerprint density at radius 2 is 1.94 bits per heavy atom. The first-order valence-electron chi connectivity index (χ1n) is 15.4. The van der Waals surface area contributed by atoms with Crippen molar-refractivity contribution in [2.45, 2.75) is 70.1 Å². The molecule has 16 heteroatoms. The largest absolute Gasteiger partial charge is 0.466 e. The van der Waals surface area contributed by atoms with Gasteiger partial charge in [-0.2, -0.15) is 5.26 Å². The number of para-hydroxylation sites is 1. The molecule has 0 amide bonds. The monoisotopic (exact) mass is 708 g/mol. The Morgan fingerprint density at radius 1 is 1.23 bits per heavy atom. The lowest BCUT2D eigenvalue weighted by atomic mass is 10.1. The number of sulfone groups is 1. The minimum Gasteiger partial charge on any atom is -0.466 e. The third-order valence-corrected chi connectivity index (χ3v) is 14.2. The highest BCUT2D eigenvalue weighted by Gasteiger charge is 2.47. The van der Waals surface area contributed by atoms with E-state index in [-0.39, 0.29) is 34.8 Å². The molecular formula is C31H38ClN4O9PS. The van der Waals surface area contributed by atoms with Crippen LogP contribution in [0.2, 0.25) is 5.15 Å². The van der Waals surface area contributed by atoms with E-state index in [1.54, 1.807) is 37.4 Å². The average molecular weight is 709 g/mol. The molecule has 13 nitrogen and oxygen atoms in total. The quantitative estimate of drug-likeness (QED) is 0.129. The normalized spacial score (nSPS) is 23.7. The van der Waals surface area contributed by atoms with Crippen molar-refractivity contribution >= 4 is 51.5 Å². The second-order valence-corrected chi connectivity index (χ2v) is 17.4. The van der Waals surface area contributed by atoms with Crippen molar-refractivity contribution in [1.82, 2.24) is 9.55 Å². The number of nitrogens with one attached hydrogen (secondary N) is 1. The fourth-order valence-corrected chi connectivity index (χ4v) is 12.1. The molecule has 0 bridgehead atoms. The van der Waals surface area contributed by atoms with Gasteiger partial charge in [-0.1, -0.05) is 49.6 Å². The molecule has 1 aliphatic heterocycles. The highest BCUT2D eigenvalue weighted by Crippen LogP contribution is 2.50. The molecule has 0 radical (unpaired) electrons. The SMILES string of the molecule is CCOC(=O)[C@H](C)CP(=O)(CS(=O)(=O)C[C@H]1O[C@@H](n2ccc3c(NC4CCCC4)c(C#N)c(Cl)nc32)[C@H](O)[C@@H]1O)Oc1ccccc1. The highest BCUT2D eigenvalue weighted by atomic mass is 35.5. The molecule has 3 N–H and O–H groups in total. The minimum atomic E-state index is -4.28. The average Bonchev–Trinajstić information content (AvgIpc) is 3.74. The first-order valence-corrected chi connectivity index (χ1v) is 19.6. The molecule has 254 valence electrons. The second kappa shape index (κ2) is 14.5. The number of nitrogens with zero attached hydrogens (tertiary/aromatic N) is 3. The van der Waals surface area contributed by atoms with Gasteiger partial charge in [0.25, 0.3) is 7.37 Å². The zero-order valence-corrected chi connectivity index (χ0v) is 28.5. The molecule has 3 aromatic rings. The van der Waals surface area contributed by atoms with Gasteiger partial charge in [-0.3, -0.25) is 9.36 Å². The number of anilines is 1. The van der Waals surface area contributed by atoms with Crippen LogP contribution in [0, 0.1) is 17.2 Å².